The zero-order chi connectivity index (χ0) is 8.48. The third-order valence-corrected chi connectivity index (χ3v) is 1.39. The van der Waals surface area contributed by atoms with E-state index in [9.17, 15) is 13.2 Å². The molecule has 0 atom stereocenters. The third kappa shape index (κ3) is 2.71. The number of alkyl halides is 3. The summed E-state index contributed by atoms with van der Waals surface area (Å²) < 4.78 is 35.7. The zero-order valence-corrected chi connectivity index (χ0v) is 6.78. The van der Waals surface area contributed by atoms with Crippen molar-refractivity contribution in [1.82, 2.24) is 6.15 Å². The van der Waals surface area contributed by atoms with Crippen molar-refractivity contribution in [1.29, 1.82) is 0 Å². The molecule has 0 saturated carbocycles. The van der Waals surface area contributed by atoms with Crippen LogP contribution in [-0.4, -0.2) is 0 Å². The highest BCUT2D eigenvalue weighted by atomic mass is 35.5. The maximum absolute atomic E-state index is 11.9. The summed E-state index contributed by atoms with van der Waals surface area (Å²) in [6.45, 7) is 0. The van der Waals surface area contributed by atoms with Gasteiger partial charge in [-0.15, -0.1) is 0 Å². The first-order valence-electron chi connectivity index (χ1n) is 2.83. The number of hydrogen-bond acceptors (Lipinski definition) is 1. The summed E-state index contributed by atoms with van der Waals surface area (Å²) in [5.41, 5.74) is -0.718. The lowest BCUT2D eigenvalue weighted by atomic mass is 10.2. The molecule has 3 N–H and O–H groups in total. The molecule has 0 radical (unpaired) electrons. The monoisotopic (exact) mass is 197 g/mol. The summed E-state index contributed by atoms with van der Waals surface area (Å²) >= 11 is 5.35. The molecule has 68 valence electrons. The molecule has 12 heavy (non-hydrogen) atoms. The van der Waals surface area contributed by atoms with Crippen LogP contribution in [0.5, 0.6) is 0 Å². The molecular formula is C7H7ClF3N. The Balaban J connectivity index is 0.00000121. The van der Waals surface area contributed by atoms with E-state index in [2.05, 4.69) is 0 Å². The van der Waals surface area contributed by atoms with Crippen LogP contribution in [0.3, 0.4) is 0 Å². The van der Waals surface area contributed by atoms with Gasteiger partial charge in [0.1, 0.15) is 0 Å². The number of benzene rings is 1. The van der Waals surface area contributed by atoms with Gasteiger partial charge in [0.25, 0.3) is 0 Å². The van der Waals surface area contributed by atoms with Crippen molar-refractivity contribution in [2.24, 2.45) is 0 Å². The van der Waals surface area contributed by atoms with Gasteiger partial charge in [-0.2, -0.15) is 13.2 Å². The van der Waals surface area contributed by atoms with E-state index in [-0.39, 0.29) is 11.2 Å². The summed E-state index contributed by atoms with van der Waals surface area (Å²) in [5, 5.41) is 0.0971. The highest BCUT2D eigenvalue weighted by molar-refractivity contribution is 6.30. The highest BCUT2D eigenvalue weighted by Crippen LogP contribution is 2.30. The summed E-state index contributed by atoms with van der Waals surface area (Å²) in [6, 6.07) is 4.54. The molecule has 1 rings (SSSR count). The maximum Gasteiger partial charge on any atom is 0.416 e. The van der Waals surface area contributed by atoms with Gasteiger partial charge in [0.15, 0.2) is 0 Å². The van der Waals surface area contributed by atoms with Gasteiger partial charge in [0.05, 0.1) is 5.56 Å². The SMILES string of the molecule is FC(F)(F)c1cccc(Cl)c1.N. The van der Waals surface area contributed by atoms with Gasteiger partial charge in [0.2, 0.25) is 0 Å². The number of halogens is 4. The summed E-state index contributed by atoms with van der Waals surface area (Å²) in [4.78, 5) is 0. The Morgan fingerprint density at radius 3 is 2.08 bits per heavy atom. The Morgan fingerprint density at radius 2 is 1.75 bits per heavy atom. The molecule has 1 aromatic rings. The van der Waals surface area contributed by atoms with Crippen LogP contribution in [0.2, 0.25) is 5.02 Å². The van der Waals surface area contributed by atoms with E-state index in [0.717, 1.165) is 12.1 Å². The Labute approximate surface area is 72.7 Å². The lowest BCUT2D eigenvalue weighted by Gasteiger charge is -2.05. The maximum atomic E-state index is 11.9. The predicted molar refractivity (Wildman–Crippen MR) is 41.5 cm³/mol. The van der Waals surface area contributed by atoms with Gasteiger partial charge in [-0.1, -0.05) is 17.7 Å². The van der Waals surface area contributed by atoms with E-state index in [4.69, 9.17) is 11.6 Å². The van der Waals surface area contributed by atoms with E-state index < -0.39 is 11.7 Å². The largest absolute Gasteiger partial charge is 0.416 e. The highest BCUT2D eigenvalue weighted by Gasteiger charge is 2.30. The Morgan fingerprint density at radius 1 is 1.17 bits per heavy atom. The van der Waals surface area contributed by atoms with Crippen molar-refractivity contribution in [3.8, 4) is 0 Å². The standard InChI is InChI=1S/C7H4ClF3.H3N/c8-6-3-1-2-5(4-6)7(9,10)11;/h1-4H;1H3. The number of rotatable bonds is 0. The minimum absolute atomic E-state index is 0. The van der Waals surface area contributed by atoms with E-state index in [1.54, 1.807) is 0 Å². The van der Waals surface area contributed by atoms with E-state index >= 15 is 0 Å². The average molecular weight is 198 g/mol. The summed E-state index contributed by atoms with van der Waals surface area (Å²) in [6.07, 6.45) is -4.30. The second-order valence-corrected chi connectivity index (χ2v) is 2.44. The van der Waals surface area contributed by atoms with Crippen LogP contribution in [0, 0.1) is 0 Å². The molecular weight excluding hydrogens is 191 g/mol. The van der Waals surface area contributed by atoms with Gasteiger partial charge in [-0.05, 0) is 18.2 Å². The predicted octanol–water partition coefficient (Wildman–Crippen LogP) is 3.52. The summed E-state index contributed by atoms with van der Waals surface area (Å²) in [5.74, 6) is 0. The van der Waals surface area contributed by atoms with Crippen molar-refractivity contribution >= 4 is 11.6 Å². The smallest absolute Gasteiger partial charge is 0.344 e. The molecule has 1 aromatic carbocycles. The first-order valence-corrected chi connectivity index (χ1v) is 3.21. The van der Waals surface area contributed by atoms with E-state index in [1.807, 2.05) is 0 Å². The van der Waals surface area contributed by atoms with Gasteiger partial charge in [0, 0.05) is 5.02 Å². The van der Waals surface area contributed by atoms with Crippen molar-refractivity contribution < 1.29 is 13.2 Å². The van der Waals surface area contributed by atoms with Gasteiger partial charge >= 0.3 is 6.18 Å². The third-order valence-electron chi connectivity index (χ3n) is 1.15. The molecule has 0 bridgehead atoms. The normalized spacial score (nSPS) is 10.7. The molecule has 0 aromatic heterocycles. The Bertz CT molecular complexity index is 259. The van der Waals surface area contributed by atoms with Crippen LogP contribution >= 0.6 is 11.6 Å². The molecule has 0 spiro atoms. The minimum Gasteiger partial charge on any atom is -0.344 e. The molecule has 5 heteroatoms. The molecule has 0 fully saturated rings. The quantitative estimate of drug-likeness (QED) is 0.679. The fourth-order valence-electron chi connectivity index (χ4n) is 0.665. The van der Waals surface area contributed by atoms with E-state index in [0.29, 0.717) is 0 Å². The fraction of sp³-hybridized carbons (Fsp3) is 0.143. The molecule has 0 saturated heterocycles. The van der Waals surface area contributed by atoms with Gasteiger partial charge in [-0.3, -0.25) is 0 Å². The fourth-order valence-corrected chi connectivity index (χ4v) is 0.855. The first-order chi connectivity index (χ1) is 5.00. The zero-order valence-electron chi connectivity index (χ0n) is 6.03. The van der Waals surface area contributed by atoms with Crippen LogP contribution in [-0.2, 0) is 6.18 Å². The van der Waals surface area contributed by atoms with Crippen LogP contribution in [0.1, 0.15) is 5.56 Å². The minimum atomic E-state index is -4.30. The van der Waals surface area contributed by atoms with Gasteiger partial charge < -0.3 is 6.15 Å². The van der Waals surface area contributed by atoms with Crippen LogP contribution in [0.15, 0.2) is 24.3 Å². The molecule has 0 heterocycles. The van der Waals surface area contributed by atoms with Crippen molar-refractivity contribution in [3.05, 3.63) is 34.9 Å². The average Bonchev–Trinajstić information content (AvgIpc) is 1.86. The molecule has 0 aliphatic heterocycles. The van der Waals surface area contributed by atoms with E-state index in [1.165, 1.54) is 12.1 Å². The lowest BCUT2D eigenvalue weighted by Crippen LogP contribution is -2.03. The van der Waals surface area contributed by atoms with Crippen molar-refractivity contribution in [2.75, 3.05) is 0 Å². The van der Waals surface area contributed by atoms with Gasteiger partial charge in [-0.25, -0.2) is 0 Å². The summed E-state index contributed by atoms with van der Waals surface area (Å²) in [7, 11) is 0. The molecule has 0 amide bonds. The van der Waals surface area contributed by atoms with Crippen molar-refractivity contribution in [2.45, 2.75) is 6.18 Å². The second kappa shape index (κ2) is 3.78. The topological polar surface area (TPSA) is 35.0 Å². The molecule has 0 aliphatic carbocycles. The lowest BCUT2D eigenvalue weighted by molar-refractivity contribution is -0.137. The Hall–Kier alpha value is -0.740. The second-order valence-electron chi connectivity index (χ2n) is 2.01. The first kappa shape index (κ1) is 11.3. The molecule has 0 aliphatic rings. The Kier molecular flexibility index (Phi) is 3.55. The molecule has 0 unspecified atom stereocenters. The van der Waals surface area contributed by atoms with Crippen molar-refractivity contribution in [3.63, 3.8) is 0 Å². The molecule has 1 nitrogen and oxygen atoms in total. The number of hydrogen-bond donors (Lipinski definition) is 1. The van der Waals surface area contributed by atoms with Crippen LogP contribution in [0.25, 0.3) is 0 Å². The van der Waals surface area contributed by atoms with Crippen LogP contribution < -0.4 is 6.15 Å². The van der Waals surface area contributed by atoms with Crippen LogP contribution in [0.4, 0.5) is 13.2 Å².